The number of hydrogen-bond donors (Lipinski definition) is 0. The summed E-state index contributed by atoms with van der Waals surface area (Å²) in [6.45, 7) is 0.0139. The van der Waals surface area contributed by atoms with E-state index in [1.807, 2.05) is 11.3 Å². The molecule has 0 saturated carbocycles. The normalized spacial score (nSPS) is 13.3. The third-order valence-electron chi connectivity index (χ3n) is 13.9. The highest BCUT2D eigenvalue weighted by Gasteiger charge is 2.45. The lowest BCUT2D eigenvalue weighted by molar-refractivity contribution is 1.18. The third kappa shape index (κ3) is 3.73. The Kier molecular flexibility index (Phi) is 5.90. The largest absolute Gasteiger partial charge is 0.310 e. The van der Waals surface area contributed by atoms with Crippen molar-refractivity contribution < 1.29 is 0 Å². The van der Waals surface area contributed by atoms with Gasteiger partial charge >= 0.3 is 0 Å². The molecule has 11 aromatic carbocycles. The quantitative estimate of drug-likeness (QED) is 0.119. The Balaban J connectivity index is 1.25. The van der Waals surface area contributed by atoms with E-state index in [9.17, 15) is 0 Å². The first kappa shape index (κ1) is 31.6. The van der Waals surface area contributed by atoms with E-state index in [1.54, 1.807) is 0 Å². The lowest BCUT2D eigenvalue weighted by Gasteiger charge is -2.39. The first-order valence-corrected chi connectivity index (χ1v) is 21.7. The van der Waals surface area contributed by atoms with Crippen molar-refractivity contribution in [3.63, 3.8) is 0 Å². The molecule has 2 aromatic heterocycles. The Morgan fingerprint density at radius 1 is 0.367 bits per heavy atom. The highest BCUT2D eigenvalue weighted by Crippen LogP contribution is 2.50. The summed E-state index contributed by atoms with van der Waals surface area (Å²) >= 11 is 1.98. The smallest absolute Gasteiger partial charge is 0.265 e. The molecule has 0 saturated heterocycles. The second kappa shape index (κ2) is 11.2. The highest BCUT2D eigenvalue weighted by atomic mass is 32.1. The molecule has 0 radical (unpaired) electrons. The highest BCUT2D eigenvalue weighted by molar-refractivity contribution is 7.34. The maximum absolute atomic E-state index is 2.66. The fraction of sp³-hybridized carbons (Fsp3) is 0. The molecule has 2 aliphatic heterocycles. The van der Waals surface area contributed by atoms with Crippen molar-refractivity contribution in [1.82, 2.24) is 4.57 Å². The fourth-order valence-electron chi connectivity index (χ4n) is 11.7. The molecule has 13 aromatic rings. The van der Waals surface area contributed by atoms with E-state index in [1.165, 1.54) is 135 Å². The summed E-state index contributed by atoms with van der Waals surface area (Å²) in [5, 5.41) is 19.7. The van der Waals surface area contributed by atoms with E-state index in [2.05, 4.69) is 198 Å². The maximum Gasteiger partial charge on any atom is 0.265 e. The van der Waals surface area contributed by atoms with Gasteiger partial charge < -0.3 is 9.47 Å². The molecule has 0 bridgehead atoms. The van der Waals surface area contributed by atoms with Crippen molar-refractivity contribution in [2.45, 2.75) is 0 Å². The van der Waals surface area contributed by atoms with Crippen LogP contribution in [0.3, 0.4) is 0 Å². The molecule has 0 spiro atoms. The Bertz CT molecular complexity index is 4050. The van der Waals surface area contributed by atoms with Crippen LogP contribution in [0.2, 0.25) is 0 Å². The predicted molar refractivity (Wildman–Crippen MR) is 261 cm³/mol. The number of rotatable bonds is 1. The van der Waals surface area contributed by atoms with Crippen molar-refractivity contribution in [1.29, 1.82) is 0 Å². The monoisotopic (exact) mass is 774 g/mol. The molecule has 2 nitrogen and oxygen atoms in total. The van der Waals surface area contributed by atoms with Crippen molar-refractivity contribution >= 4 is 147 Å². The molecule has 0 fully saturated rings. The van der Waals surface area contributed by atoms with Crippen LogP contribution in [-0.4, -0.2) is 11.3 Å². The van der Waals surface area contributed by atoms with Gasteiger partial charge in [-0.25, -0.2) is 0 Å². The van der Waals surface area contributed by atoms with Gasteiger partial charge in [0.15, 0.2) is 0 Å². The summed E-state index contributed by atoms with van der Waals surface area (Å²) in [6.07, 6.45) is 0. The summed E-state index contributed by atoms with van der Waals surface area (Å²) in [4.78, 5) is 2.56. The minimum Gasteiger partial charge on any atom is -0.310 e. The van der Waals surface area contributed by atoms with Gasteiger partial charge in [-0.3, -0.25) is 0 Å². The van der Waals surface area contributed by atoms with Gasteiger partial charge in [-0.1, -0.05) is 146 Å². The van der Waals surface area contributed by atoms with Gasteiger partial charge in [0.05, 0.1) is 16.7 Å². The molecular weight excluding hydrogens is 744 g/mol. The number of anilines is 3. The van der Waals surface area contributed by atoms with Gasteiger partial charge in [-0.15, -0.1) is 11.3 Å². The molecule has 15 rings (SSSR count). The minimum atomic E-state index is 0.0139. The summed E-state index contributed by atoms with van der Waals surface area (Å²) < 4.78 is 5.38. The zero-order valence-corrected chi connectivity index (χ0v) is 33.1. The predicted octanol–water partition coefficient (Wildman–Crippen LogP) is 13.5. The van der Waals surface area contributed by atoms with E-state index in [0.717, 1.165) is 0 Å². The van der Waals surface area contributed by atoms with Crippen LogP contribution in [0.15, 0.2) is 188 Å². The summed E-state index contributed by atoms with van der Waals surface area (Å²) in [6, 6.07) is 70.8. The van der Waals surface area contributed by atoms with E-state index in [-0.39, 0.29) is 6.71 Å². The molecule has 2 aliphatic rings. The molecule has 4 heterocycles. The number of thiophene rings is 1. The Morgan fingerprint density at radius 2 is 0.900 bits per heavy atom. The Morgan fingerprint density at radius 3 is 1.58 bits per heavy atom. The van der Waals surface area contributed by atoms with Crippen LogP contribution >= 0.6 is 11.3 Å². The lowest BCUT2D eigenvalue weighted by Crippen LogP contribution is -2.59. The standard InChI is InChI=1S/C56H31BN2S/c1-2-15-32(16-3-1)58-46-26-14-27-47-52(46)57(56-55(58)42-25-12-13-28-48(42)60-56)53-50-40-24-11-9-20-36(40)34-18-5-7-22-38(34)43(50)31-44-51-45(59(47)54(44)53)30-29-41-37-21-6-4-17-33(37)35-19-8-10-23-39(35)49(41)51/h1-31H. The van der Waals surface area contributed by atoms with Crippen LogP contribution < -0.4 is 20.6 Å². The van der Waals surface area contributed by atoms with Crippen molar-refractivity contribution in [2.75, 3.05) is 4.90 Å². The molecule has 274 valence electrons. The lowest BCUT2D eigenvalue weighted by atomic mass is 9.36. The first-order chi connectivity index (χ1) is 29.8. The topological polar surface area (TPSA) is 8.17 Å². The second-order valence-electron chi connectivity index (χ2n) is 16.6. The second-order valence-corrected chi connectivity index (χ2v) is 17.7. The third-order valence-corrected chi connectivity index (χ3v) is 15.1. The van der Waals surface area contributed by atoms with E-state index >= 15 is 0 Å². The van der Waals surface area contributed by atoms with Gasteiger partial charge in [-0.05, 0) is 113 Å². The Labute approximate surface area is 348 Å². The molecule has 0 aliphatic carbocycles. The first-order valence-electron chi connectivity index (χ1n) is 20.9. The van der Waals surface area contributed by atoms with Gasteiger partial charge in [0, 0.05) is 48.1 Å². The zero-order chi connectivity index (χ0) is 38.8. The minimum absolute atomic E-state index is 0.0139. The summed E-state index contributed by atoms with van der Waals surface area (Å²) in [7, 11) is 0. The maximum atomic E-state index is 2.66. The van der Waals surface area contributed by atoms with Crippen molar-refractivity contribution in [2.24, 2.45) is 0 Å². The van der Waals surface area contributed by atoms with Crippen LogP contribution in [0, 0.1) is 0 Å². The van der Waals surface area contributed by atoms with Crippen LogP contribution in [0.25, 0.3) is 102 Å². The average Bonchev–Trinajstić information content (AvgIpc) is 3.87. The van der Waals surface area contributed by atoms with Gasteiger partial charge in [0.1, 0.15) is 0 Å². The summed E-state index contributed by atoms with van der Waals surface area (Å²) in [5.41, 5.74) is 10.4. The van der Waals surface area contributed by atoms with E-state index < -0.39 is 0 Å². The SMILES string of the molecule is c1ccc(N2c3cccc4c3B(c3sc5ccccc5c32)c2c3c5ccccc5c5ccccc5c3cc3c5c6c7ccccc7c7ccccc7c6ccc5n-4c23)cc1. The number of fused-ring (bicyclic) bond motifs is 23. The fourth-order valence-corrected chi connectivity index (χ4v) is 13.0. The van der Waals surface area contributed by atoms with Crippen LogP contribution in [-0.2, 0) is 0 Å². The van der Waals surface area contributed by atoms with Crippen molar-refractivity contribution in [3.8, 4) is 5.69 Å². The summed E-state index contributed by atoms with van der Waals surface area (Å²) in [5.74, 6) is 0. The Hall–Kier alpha value is -7.40. The number of nitrogens with zero attached hydrogens (tertiary/aromatic N) is 2. The molecule has 0 unspecified atom stereocenters. The van der Waals surface area contributed by atoms with Gasteiger partial charge in [-0.2, -0.15) is 0 Å². The van der Waals surface area contributed by atoms with Gasteiger partial charge in [0.2, 0.25) is 0 Å². The number of aromatic nitrogens is 1. The van der Waals surface area contributed by atoms with E-state index in [4.69, 9.17) is 0 Å². The molecule has 0 atom stereocenters. The van der Waals surface area contributed by atoms with Crippen molar-refractivity contribution in [3.05, 3.63) is 188 Å². The zero-order valence-electron chi connectivity index (χ0n) is 32.3. The van der Waals surface area contributed by atoms with Gasteiger partial charge in [0.25, 0.3) is 6.71 Å². The average molecular weight is 775 g/mol. The van der Waals surface area contributed by atoms with Crippen LogP contribution in [0.5, 0.6) is 0 Å². The molecular formula is C56H31BN2S. The van der Waals surface area contributed by atoms with Crippen LogP contribution in [0.4, 0.5) is 17.1 Å². The van der Waals surface area contributed by atoms with E-state index in [0.29, 0.717) is 0 Å². The number of benzene rings is 11. The number of para-hydroxylation sites is 1. The molecule has 0 amide bonds. The van der Waals surface area contributed by atoms with Crippen LogP contribution in [0.1, 0.15) is 0 Å². The number of hydrogen-bond acceptors (Lipinski definition) is 2. The molecule has 60 heavy (non-hydrogen) atoms. The molecule has 4 heteroatoms. The molecule has 0 N–H and O–H groups in total.